The van der Waals surface area contributed by atoms with Crippen LogP contribution in [-0.2, 0) is 6.54 Å². The van der Waals surface area contributed by atoms with Crippen molar-refractivity contribution in [3.63, 3.8) is 0 Å². The lowest BCUT2D eigenvalue weighted by atomic mass is 10.1. The van der Waals surface area contributed by atoms with Gasteiger partial charge in [-0.25, -0.2) is 0 Å². The second-order valence-electron chi connectivity index (χ2n) is 4.62. The molecule has 1 nitrogen and oxygen atoms in total. The zero-order valence-electron chi connectivity index (χ0n) is 9.41. The van der Waals surface area contributed by atoms with E-state index in [0.29, 0.717) is 0 Å². The van der Waals surface area contributed by atoms with Gasteiger partial charge in [0.05, 0.1) is 0 Å². The van der Waals surface area contributed by atoms with Crippen molar-refractivity contribution >= 4 is 21.4 Å². The molecule has 3 rings (SSSR count). The van der Waals surface area contributed by atoms with Gasteiger partial charge in [-0.3, -0.25) is 0 Å². The molecule has 2 heteroatoms. The number of rotatable bonds is 3. The maximum absolute atomic E-state index is 3.68. The molecule has 1 aliphatic carbocycles. The fourth-order valence-corrected chi connectivity index (χ4v) is 3.52. The summed E-state index contributed by atoms with van der Waals surface area (Å²) >= 11 is 1.86. The minimum Gasteiger partial charge on any atom is -0.310 e. The van der Waals surface area contributed by atoms with E-state index in [0.717, 1.165) is 12.6 Å². The Labute approximate surface area is 100 Å². The molecule has 1 N–H and O–H groups in total. The van der Waals surface area contributed by atoms with Crippen LogP contribution < -0.4 is 5.32 Å². The Kier molecular flexibility index (Phi) is 2.94. The van der Waals surface area contributed by atoms with Crippen LogP contribution in [0.1, 0.15) is 31.2 Å². The monoisotopic (exact) mass is 231 g/mol. The lowest BCUT2D eigenvalue weighted by molar-refractivity contribution is 0.526. The van der Waals surface area contributed by atoms with E-state index in [2.05, 4.69) is 35.0 Å². The quantitative estimate of drug-likeness (QED) is 0.844. The van der Waals surface area contributed by atoms with Gasteiger partial charge >= 0.3 is 0 Å². The molecule has 1 aromatic carbocycles. The molecule has 16 heavy (non-hydrogen) atoms. The van der Waals surface area contributed by atoms with Crippen molar-refractivity contribution in [2.75, 3.05) is 0 Å². The molecular formula is C14H17NS. The molecule has 1 saturated carbocycles. The predicted octanol–water partition coefficient (Wildman–Crippen LogP) is 3.93. The van der Waals surface area contributed by atoms with E-state index in [1.807, 2.05) is 11.3 Å². The summed E-state index contributed by atoms with van der Waals surface area (Å²) in [4.78, 5) is 0. The Morgan fingerprint density at radius 2 is 2.00 bits per heavy atom. The van der Waals surface area contributed by atoms with E-state index < -0.39 is 0 Å². The Balaban J connectivity index is 1.73. The summed E-state index contributed by atoms with van der Waals surface area (Å²) in [6.45, 7) is 1.04. The standard InChI is InChI=1S/C14H17NS/c1-2-6-12(5-1)15-9-11-10-16-14-8-4-3-7-13(11)14/h3-4,7-8,10,12,15H,1-2,5-6,9H2. The highest BCUT2D eigenvalue weighted by Gasteiger charge is 2.14. The molecule has 0 bridgehead atoms. The van der Waals surface area contributed by atoms with E-state index in [4.69, 9.17) is 0 Å². The largest absolute Gasteiger partial charge is 0.310 e. The van der Waals surface area contributed by atoms with Crippen LogP contribution >= 0.6 is 11.3 Å². The van der Waals surface area contributed by atoms with E-state index in [-0.39, 0.29) is 0 Å². The molecule has 1 fully saturated rings. The average Bonchev–Trinajstić information content (AvgIpc) is 2.96. The SMILES string of the molecule is c1ccc2c(CNC3CCCC3)csc2c1. The minimum absolute atomic E-state index is 0.763. The predicted molar refractivity (Wildman–Crippen MR) is 70.9 cm³/mol. The van der Waals surface area contributed by atoms with Gasteiger partial charge in [-0.1, -0.05) is 31.0 Å². The zero-order chi connectivity index (χ0) is 10.8. The first-order valence-corrected chi connectivity index (χ1v) is 7.00. The third-order valence-electron chi connectivity index (χ3n) is 3.50. The molecule has 0 unspecified atom stereocenters. The molecule has 2 aromatic rings. The Hall–Kier alpha value is -0.860. The highest BCUT2D eigenvalue weighted by Crippen LogP contribution is 2.26. The fraction of sp³-hybridized carbons (Fsp3) is 0.429. The van der Waals surface area contributed by atoms with E-state index in [1.165, 1.54) is 41.3 Å². The average molecular weight is 231 g/mol. The van der Waals surface area contributed by atoms with Crippen molar-refractivity contribution in [2.24, 2.45) is 0 Å². The van der Waals surface area contributed by atoms with Crippen molar-refractivity contribution in [3.05, 3.63) is 35.2 Å². The molecule has 0 atom stereocenters. The molecule has 1 heterocycles. The molecular weight excluding hydrogens is 214 g/mol. The number of fused-ring (bicyclic) bond motifs is 1. The lowest BCUT2D eigenvalue weighted by Gasteiger charge is -2.10. The summed E-state index contributed by atoms with van der Waals surface area (Å²) < 4.78 is 1.41. The zero-order valence-corrected chi connectivity index (χ0v) is 10.2. The molecule has 0 spiro atoms. The summed E-state index contributed by atoms with van der Waals surface area (Å²) in [5.41, 5.74) is 1.47. The van der Waals surface area contributed by atoms with Crippen molar-refractivity contribution in [1.82, 2.24) is 5.32 Å². The summed E-state index contributed by atoms with van der Waals surface area (Å²) in [5, 5.41) is 7.41. The van der Waals surface area contributed by atoms with Crippen LogP contribution in [0.4, 0.5) is 0 Å². The van der Waals surface area contributed by atoms with Gasteiger partial charge in [0, 0.05) is 17.3 Å². The number of hydrogen-bond donors (Lipinski definition) is 1. The molecule has 84 valence electrons. The maximum Gasteiger partial charge on any atom is 0.0346 e. The van der Waals surface area contributed by atoms with Gasteiger partial charge < -0.3 is 5.32 Å². The summed E-state index contributed by atoms with van der Waals surface area (Å²) in [7, 11) is 0. The molecule has 1 aliphatic rings. The summed E-state index contributed by atoms with van der Waals surface area (Å²) in [6, 6.07) is 9.45. The lowest BCUT2D eigenvalue weighted by Crippen LogP contribution is -2.25. The molecule has 1 aromatic heterocycles. The van der Waals surface area contributed by atoms with Gasteiger partial charge in [0.15, 0.2) is 0 Å². The Morgan fingerprint density at radius 3 is 2.88 bits per heavy atom. The van der Waals surface area contributed by atoms with Crippen LogP contribution in [0, 0.1) is 0 Å². The molecule has 0 saturated heterocycles. The second kappa shape index (κ2) is 4.56. The van der Waals surface area contributed by atoms with E-state index in [9.17, 15) is 0 Å². The van der Waals surface area contributed by atoms with Crippen molar-refractivity contribution in [1.29, 1.82) is 0 Å². The number of thiophene rings is 1. The van der Waals surface area contributed by atoms with Gasteiger partial charge in [0.1, 0.15) is 0 Å². The number of benzene rings is 1. The molecule has 0 amide bonds. The van der Waals surface area contributed by atoms with E-state index >= 15 is 0 Å². The fourth-order valence-electron chi connectivity index (χ4n) is 2.55. The van der Waals surface area contributed by atoms with Gasteiger partial charge in [0.25, 0.3) is 0 Å². The van der Waals surface area contributed by atoms with Gasteiger partial charge in [-0.15, -0.1) is 11.3 Å². The van der Waals surface area contributed by atoms with Crippen LogP contribution in [0.15, 0.2) is 29.6 Å². The minimum atomic E-state index is 0.763. The molecule has 0 aliphatic heterocycles. The number of hydrogen-bond acceptors (Lipinski definition) is 2. The Morgan fingerprint density at radius 1 is 1.19 bits per heavy atom. The maximum atomic E-state index is 3.68. The first-order chi connectivity index (χ1) is 7.93. The van der Waals surface area contributed by atoms with Gasteiger partial charge in [-0.2, -0.15) is 0 Å². The molecule has 0 radical (unpaired) electrons. The highest BCUT2D eigenvalue weighted by atomic mass is 32.1. The van der Waals surface area contributed by atoms with Crippen molar-refractivity contribution in [3.8, 4) is 0 Å². The first kappa shape index (κ1) is 10.3. The highest BCUT2D eigenvalue weighted by molar-refractivity contribution is 7.17. The number of nitrogens with one attached hydrogen (secondary N) is 1. The topological polar surface area (TPSA) is 12.0 Å². The first-order valence-electron chi connectivity index (χ1n) is 6.12. The second-order valence-corrected chi connectivity index (χ2v) is 5.53. The van der Waals surface area contributed by atoms with Gasteiger partial charge in [-0.05, 0) is 35.2 Å². The van der Waals surface area contributed by atoms with E-state index in [1.54, 1.807) is 0 Å². The van der Waals surface area contributed by atoms with Crippen LogP contribution in [0.2, 0.25) is 0 Å². The van der Waals surface area contributed by atoms with Crippen molar-refractivity contribution < 1.29 is 0 Å². The smallest absolute Gasteiger partial charge is 0.0346 e. The third kappa shape index (κ3) is 2.00. The van der Waals surface area contributed by atoms with Crippen LogP contribution in [0.3, 0.4) is 0 Å². The van der Waals surface area contributed by atoms with Gasteiger partial charge in [0.2, 0.25) is 0 Å². The van der Waals surface area contributed by atoms with Crippen LogP contribution in [0.25, 0.3) is 10.1 Å². The normalized spacial score (nSPS) is 17.2. The van der Waals surface area contributed by atoms with Crippen LogP contribution in [0.5, 0.6) is 0 Å². The van der Waals surface area contributed by atoms with Crippen molar-refractivity contribution in [2.45, 2.75) is 38.3 Å². The third-order valence-corrected chi connectivity index (χ3v) is 4.51. The Bertz CT molecular complexity index is 468. The summed E-state index contributed by atoms with van der Waals surface area (Å²) in [6.07, 6.45) is 5.54. The van der Waals surface area contributed by atoms with Crippen LogP contribution in [-0.4, -0.2) is 6.04 Å². The summed E-state index contributed by atoms with van der Waals surface area (Å²) in [5.74, 6) is 0.